The van der Waals surface area contributed by atoms with Crippen LogP contribution in [0, 0.1) is 0 Å². The van der Waals surface area contributed by atoms with E-state index >= 15 is 0 Å². The number of alkyl halides is 2. The van der Waals surface area contributed by atoms with Crippen LogP contribution in [-0.4, -0.2) is 18.8 Å². The summed E-state index contributed by atoms with van der Waals surface area (Å²) in [6.07, 6.45) is 3.32. The summed E-state index contributed by atoms with van der Waals surface area (Å²) in [5.41, 5.74) is 5.81. The molecule has 1 aromatic carbocycles. The topological polar surface area (TPSA) is 35.2 Å². The molecule has 0 radical (unpaired) electrons. The van der Waals surface area contributed by atoms with Crippen molar-refractivity contribution in [2.45, 2.75) is 43.8 Å². The van der Waals surface area contributed by atoms with E-state index in [4.69, 9.17) is 10.5 Å². The third kappa shape index (κ3) is 3.50. The molecule has 2 unspecified atom stereocenters. The summed E-state index contributed by atoms with van der Waals surface area (Å²) in [7, 11) is 0. The van der Waals surface area contributed by atoms with Crippen LogP contribution in [0.4, 0.5) is 8.78 Å². The van der Waals surface area contributed by atoms with E-state index < -0.39 is 12.5 Å². The van der Waals surface area contributed by atoms with E-state index in [2.05, 4.69) is 0 Å². The normalized spacial score (nSPS) is 25.1. The van der Waals surface area contributed by atoms with E-state index in [9.17, 15) is 8.78 Å². The Bertz CT molecular complexity index is 369. The molecule has 0 bridgehead atoms. The largest absolute Gasteiger partial charge is 0.372 e. The number of nitrogens with two attached hydrogens (primary N) is 1. The van der Waals surface area contributed by atoms with Crippen LogP contribution in [0.5, 0.6) is 0 Å². The Balaban J connectivity index is 1.89. The van der Waals surface area contributed by atoms with Gasteiger partial charge in [-0.25, -0.2) is 0 Å². The smallest absolute Gasteiger partial charge is 0.296 e. The van der Waals surface area contributed by atoms with Crippen LogP contribution in [0.15, 0.2) is 30.3 Å². The molecule has 0 amide bonds. The van der Waals surface area contributed by atoms with E-state index in [1.165, 1.54) is 12.1 Å². The molecule has 2 N–H and O–H groups in total. The minimum absolute atomic E-state index is 0.00473. The van der Waals surface area contributed by atoms with Crippen molar-refractivity contribution in [1.29, 1.82) is 0 Å². The van der Waals surface area contributed by atoms with Gasteiger partial charge in [0.1, 0.15) is 6.61 Å². The zero-order valence-electron chi connectivity index (χ0n) is 10.3. The first-order chi connectivity index (χ1) is 8.58. The predicted octanol–water partition coefficient (Wildman–Crippen LogP) is 3.06. The van der Waals surface area contributed by atoms with Gasteiger partial charge >= 0.3 is 0 Å². The highest BCUT2D eigenvalue weighted by molar-refractivity contribution is 5.19. The van der Waals surface area contributed by atoms with Crippen molar-refractivity contribution in [3.63, 3.8) is 0 Å². The lowest BCUT2D eigenvalue weighted by atomic mass is 9.93. The SMILES string of the molecule is NC1CCCC(OCC(F)(F)c2ccccc2)C1. The second-order valence-corrected chi connectivity index (χ2v) is 4.93. The van der Waals surface area contributed by atoms with E-state index in [0.29, 0.717) is 6.42 Å². The number of hydrogen-bond donors (Lipinski definition) is 1. The second kappa shape index (κ2) is 5.76. The van der Waals surface area contributed by atoms with Gasteiger partial charge in [-0.3, -0.25) is 0 Å². The molecule has 2 atom stereocenters. The monoisotopic (exact) mass is 255 g/mol. The summed E-state index contributed by atoms with van der Waals surface area (Å²) in [5, 5.41) is 0. The molecular formula is C14H19F2NO. The molecule has 0 aromatic heterocycles. The maximum absolute atomic E-state index is 13.9. The van der Waals surface area contributed by atoms with Crippen molar-refractivity contribution < 1.29 is 13.5 Å². The summed E-state index contributed by atoms with van der Waals surface area (Å²) in [6.45, 7) is -0.561. The minimum atomic E-state index is -2.93. The molecule has 1 aliphatic rings. The quantitative estimate of drug-likeness (QED) is 0.897. The molecule has 1 fully saturated rings. The lowest BCUT2D eigenvalue weighted by molar-refractivity contribution is -0.112. The van der Waals surface area contributed by atoms with Crippen molar-refractivity contribution >= 4 is 0 Å². The van der Waals surface area contributed by atoms with Gasteiger partial charge in [-0.05, 0) is 25.7 Å². The molecular weight excluding hydrogens is 236 g/mol. The molecule has 2 nitrogen and oxygen atoms in total. The zero-order chi connectivity index (χ0) is 13.0. The van der Waals surface area contributed by atoms with Crippen molar-refractivity contribution in [3.05, 3.63) is 35.9 Å². The number of rotatable bonds is 4. The van der Waals surface area contributed by atoms with Crippen molar-refractivity contribution in [2.75, 3.05) is 6.61 Å². The highest BCUT2D eigenvalue weighted by Crippen LogP contribution is 2.30. The minimum Gasteiger partial charge on any atom is -0.372 e. The Hall–Kier alpha value is -1.00. The summed E-state index contributed by atoms with van der Waals surface area (Å²) in [5.74, 6) is -2.93. The third-order valence-electron chi connectivity index (χ3n) is 3.36. The van der Waals surface area contributed by atoms with Crippen LogP contribution in [0.2, 0.25) is 0 Å². The Morgan fingerprint density at radius 2 is 1.94 bits per heavy atom. The van der Waals surface area contributed by atoms with Gasteiger partial charge in [-0.15, -0.1) is 0 Å². The molecule has 0 aliphatic heterocycles. The molecule has 2 rings (SSSR count). The van der Waals surface area contributed by atoms with Gasteiger partial charge in [0.15, 0.2) is 0 Å². The lowest BCUT2D eigenvalue weighted by Crippen LogP contribution is -2.34. The summed E-state index contributed by atoms with van der Waals surface area (Å²) in [6, 6.07) is 7.89. The number of benzene rings is 1. The first-order valence-corrected chi connectivity index (χ1v) is 6.38. The molecule has 1 saturated carbocycles. The van der Waals surface area contributed by atoms with E-state index in [-0.39, 0.29) is 17.7 Å². The Kier molecular flexibility index (Phi) is 4.30. The van der Waals surface area contributed by atoms with Gasteiger partial charge in [-0.2, -0.15) is 8.78 Å². The Morgan fingerprint density at radius 3 is 2.61 bits per heavy atom. The fourth-order valence-electron chi connectivity index (χ4n) is 2.32. The van der Waals surface area contributed by atoms with Gasteiger partial charge < -0.3 is 10.5 Å². The van der Waals surface area contributed by atoms with Crippen LogP contribution < -0.4 is 5.73 Å². The standard InChI is InChI=1S/C14H19F2NO/c15-14(16,11-5-2-1-3-6-11)10-18-13-8-4-7-12(17)9-13/h1-3,5-6,12-13H,4,7-10,17H2. The molecule has 0 saturated heterocycles. The average molecular weight is 255 g/mol. The van der Waals surface area contributed by atoms with Gasteiger partial charge in [-0.1, -0.05) is 30.3 Å². The summed E-state index contributed by atoms with van der Waals surface area (Å²) >= 11 is 0. The molecule has 100 valence electrons. The predicted molar refractivity (Wildman–Crippen MR) is 66.5 cm³/mol. The van der Waals surface area contributed by atoms with E-state index in [1.807, 2.05) is 0 Å². The molecule has 4 heteroatoms. The zero-order valence-corrected chi connectivity index (χ0v) is 10.3. The van der Waals surface area contributed by atoms with Crippen molar-refractivity contribution in [2.24, 2.45) is 5.73 Å². The third-order valence-corrected chi connectivity index (χ3v) is 3.36. The van der Waals surface area contributed by atoms with Gasteiger partial charge in [0, 0.05) is 11.6 Å². The average Bonchev–Trinajstić information content (AvgIpc) is 2.38. The Labute approximate surface area is 106 Å². The first-order valence-electron chi connectivity index (χ1n) is 6.38. The fourth-order valence-corrected chi connectivity index (χ4v) is 2.32. The highest BCUT2D eigenvalue weighted by Gasteiger charge is 2.33. The van der Waals surface area contributed by atoms with Crippen LogP contribution in [-0.2, 0) is 10.7 Å². The van der Waals surface area contributed by atoms with Gasteiger partial charge in [0.25, 0.3) is 5.92 Å². The maximum Gasteiger partial charge on any atom is 0.296 e. The second-order valence-electron chi connectivity index (χ2n) is 4.93. The Morgan fingerprint density at radius 1 is 1.22 bits per heavy atom. The van der Waals surface area contributed by atoms with Gasteiger partial charge in [0.05, 0.1) is 6.10 Å². The van der Waals surface area contributed by atoms with E-state index in [0.717, 1.165) is 19.3 Å². The molecule has 0 spiro atoms. The van der Waals surface area contributed by atoms with Crippen LogP contribution >= 0.6 is 0 Å². The number of hydrogen-bond acceptors (Lipinski definition) is 2. The number of halogens is 2. The number of ether oxygens (including phenoxy) is 1. The van der Waals surface area contributed by atoms with E-state index in [1.54, 1.807) is 18.2 Å². The summed E-state index contributed by atoms with van der Waals surface area (Å²) < 4.78 is 33.0. The fraction of sp³-hybridized carbons (Fsp3) is 0.571. The lowest BCUT2D eigenvalue weighted by Gasteiger charge is -2.28. The molecule has 1 aromatic rings. The van der Waals surface area contributed by atoms with Crippen LogP contribution in [0.1, 0.15) is 31.2 Å². The van der Waals surface area contributed by atoms with Crippen LogP contribution in [0.25, 0.3) is 0 Å². The van der Waals surface area contributed by atoms with Crippen LogP contribution in [0.3, 0.4) is 0 Å². The molecule has 18 heavy (non-hydrogen) atoms. The molecule has 0 heterocycles. The van der Waals surface area contributed by atoms with Crippen molar-refractivity contribution in [3.8, 4) is 0 Å². The van der Waals surface area contributed by atoms with Crippen molar-refractivity contribution in [1.82, 2.24) is 0 Å². The summed E-state index contributed by atoms with van der Waals surface area (Å²) in [4.78, 5) is 0. The molecule has 1 aliphatic carbocycles. The van der Waals surface area contributed by atoms with Gasteiger partial charge in [0.2, 0.25) is 0 Å². The highest BCUT2D eigenvalue weighted by atomic mass is 19.3. The first kappa shape index (κ1) is 13.4. The maximum atomic E-state index is 13.9.